The Kier molecular flexibility index (Phi) is 9.86. The van der Waals surface area contributed by atoms with Crippen molar-refractivity contribution in [3.8, 4) is 5.75 Å². The third-order valence-electron chi connectivity index (χ3n) is 5.08. The largest absolute Gasteiger partial charge is 0.495 e. The summed E-state index contributed by atoms with van der Waals surface area (Å²) in [4.78, 5) is 28.9. The van der Waals surface area contributed by atoms with Gasteiger partial charge in [-0.3, -0.25) is 9.59 Å². The van der Waals surface area contributed by atoms with Gasteiger partial charge in [0.1, 0.15) is 22.8 Å². The summed E-state index contributed by atoms with van der Waals surface area (Å²) in [5.41, 5.74) is -0.150. The molecule has 0 aromatic heterocycles. The van der Waals surface area contributed by atoms with Crippen LogP contribution in [0, 0.1) is 0 Å². The minimum absolute atomic E-state index is 0.00850. The van der Waals surface area contributed by atoms with Crippen molar-refractivity contribution < 1.29 is 32.2 Å². The van der Waals surface area contributed by atoms with E-state index in [-0.39, 0.29) is 42.6 Å². The van der Waals surface area contributed by atoms with Gasteiger partial charge in [0.15, 0.2) is 0 Å². The fraction of sp³-hybridized carbons (Fsp3) is 0.652. The molecule has 0 N–H and O–H groups in total. The van der Waals surface area contributed by atoms with Crippen LogP contribution in [0.3, 0.4) is 0 Å². The van der Waals surface area contributed by atoms with Gasteiger partial charge in [0.25, 0.3) is 0 Å². The number of amides is 1. The highest BCUT2D eigenvalue weighted by Crippen LogP contribution is 2.28. The van der Waals surface area contributed by atoms with Crippen LogP contribution >= 0.6 is 0 Å². The van der Waals surface area contributed by atoms with E-state index >= 15 is 0 Å². The summed E-state index contributed by atoms with van der Waals surface area (Å²) >= 11 is 0. The maximum Gasteiger partial charge on any atom is 0.326 e. The van der Waals surface area contributed by atoms with Crippen molar-refractivity contribution in [2.24, 2.45) is 0 Å². The second-order valence-electron chi connectivity index (χ2n) is 9.38. The Hall–Kier alpha value is -2.21. The number of hydrogen-bond donors (Lipinski definition) is 0. The van der Waals surface area contributed by atoms with E-state index < -0.39 is 21.6 Å². The highest BCUT2D eigenvalue weighted by molar-refractivity contribution is 7.89. The van der Waals surface area contributed by atoms with E-state index in [1.165, 1.54) is 22.4 Å². The normalized spacial score (nSPS) is 15.3. The third kappa shape index (κ3) is 8.23. The van der Waals surface area contributed by atoms with Gasteiger partial charge in [-0.15, -0.1) is 0 Å². The van der Waals surface area contributed by atoms with Gasteiger partial charge >= 0.3 is 5.97 Å². The Bertz CT molecular complexity index is 952. The Labute approximate surface area is 202 Å². The lowest BCUT2D eigenvalue weighted by molar-refractivity contribution is -0.158. The average Bonchev–Trinajstić information content (AvgIpc) is 2.75. The molecule has 0 bridgehead atoms. The molecule has 1 aliphatic heterocycles. The number of ether oxygens (including phenoxy) is 3. The molecule has 1 aromatic rings. The molecule has 11 heteroatoms. The summed E-state index contributed by atoms with van der Waals surface area (Å²) in [6.07, 6.45) is -0.0636. The monoisotopic (exact) mass is 499 g/mol. The summed E-state index contributed by atoms with van der Waals surface area (Å²) in [5.74, 6) is -0.585. The number of rotatable bonds is 10. The number of likely N-dealkylation sites (N-methyl/N-ethyl adjacent to an activating group) is 1. The van der Waals surface area contributed by atoms with Gasteiger partial charge in [-0.05, 0) is 52.6 Å². The van der Waals surface area contributed by atoms with Gasteiger partial charge in [0.05, 0.1) is 26.7 Å². The zero-order chi connectivity index (χ0) is 25.5. The quantitative estimate of drug-likeness (QED) is 0.439. The predicted octanol–water partition coefficient (Wildman–Crippen LogP) is 0.991. The molecule has 192 valence electrons. The molecule has 1 saturated heterocycles. The fourth-order valence-electron chi connectivity index (χ4n) is 3.39. The number of methoxy groups -OCH3 is 1. The SMILES string of the molecule is COc1ccc(CC(=O)N(CCN(C)C)CC(=O)OC(C)(C)C)cc1S(=O)(=O)N1CCOCC1. The Morgan fingerprint density at radius 3 is 2.32 bits per heavy atom. The van der Waals surface area contributed by atoms with Crippen LogP contribution in [0.25, 0.3) is 0 Å². The van der Waals surface area contributed by atoms with Crippen LogP contribution in [-0.2, 0) is 35.5 Å². The lowest BCUT2D eigenvalue weighted by Gasteiger charge is -2.27. The number of nitrogens with zero attached hydrogens (tertiary/aromatic N) is 3. The summed E-state index contributed by atoms with van der Waals surface area (Å²) < 4.78 is 43.7. The average molecular weight is 500 g/mol. The third-order valence-corrected chi connectivity index (χ3v) is 7.00. The molecular formula is C23H37N3O7S. The molecule has 0 radical (unpaired) electrons. The molecule has 10 nitrogen and oxygen atoms in total. The molecule has 1 aromatic carbocycles. The molecule has 1 amide bonds. The van der Waals surface area contributed by atoms with Crippen LogP contribution in [0.4, 0.5) is 0 Å². The van der Waals surface area contributed by atoms with Crippen LogP contribution < -0.4 is 4.74 Å². The topological polar surface area (TPSA) is 106 Å². The fourth-order valence-corrected chi connectivity index (χ4v) is 5.00. The number of sulfonamides is 1. The molecule has 1 aliphatic rings. The first-order valence-corrected chi connectivity index (χ1v) is 12.7. The van der Waals surface area contributed by atoms with Crippen LogP contribution in [-0.4, -0.2) is 107 Å². The van der Waals surface area contributed by atoms with E-state index in [0.29, 0.717) is 31.9 Å². The van der Waals surface area contributed by atoms with E-state index in [9.17, 15) is 18.0 Å². The number of carbonyl (C=O) groups excluding carboxylic acids is 2. The zero-order valence-electron chi connectivity index (χ0n) is 21.0. The Balaban J connectivity index is 2.25. The molecule has 0 unspecified atom stereocenters. The first kappa shape index (κ1) is 28.0. The van der Waals surface area contributed by atoms with E-state index in [2.05, 4.69) is 0 Å². The van der Waals surface area contributed by atoms with Crippen molar-refractivity contribution in [1.29, 1.82) is 0 Å². The molecule has 34 heavy (non-hydrogen) atoms. The lowest BCUT2D eigenvalue weighted by Crippen LogP contribution is -2.42. The molecule has 1 heterocycles. The minimum atomic E-state index is -3.82. The first-order chi connectivity index (χ1) is 15.8. The van der Waals surface area contributed by atoms with Gasteiger partial charge in [0, 0.05) is 26.2 Å². The second-order valence-corrected chi connectivity index (χ2v) is 11.3. The number of benzene rings is 1. The van der Waals surface area contributed by atoms with E-state index in [1.54, 1.807) is 32.9 Å². The Morgan fingerprint density at radius 2 is 1.76 bits per heavy atom. The van der Waals surface area contributed by atoms with Crippen molar-refractivity contribution >= 4 is 21.9 Å². The van der Waals surface area contributed by atoms with Crippen LogP contribution in [0.15, 0.2) is 23.1 Å². The van der Waals surface area contributed by atoms with Gasteiger partial charge in [0.2, 0.25) is 15.9 Å². The maximum atomic E-state index is 13.2. The summed E-state index contributed by atoms with van der Waals surface area (Å²) in [5, 5.41) is 0. The van der Waals surface area contributed by atoms with Crippen LogP contribution in [0.1, 0.15) is 26.3 Å². The number of esters is 1. The maximum absolute atomic E-state index is 13.2. The number of morpholine rings is 1. The van der Waals surface area contributed by atoms with Crippen molar-refractivity contribution in [2.45, 2.75) is 37.7 Å². The van der Waals surface area contributed by atoms with Crippen LogP contribution in [0.5, 0.6) is 5.75 Å². The highest BCUT2D eigenvalue weighted by Gasteiger charge is 2.30. The summed E-state index contributed by atoms with van der Waals surface area (Å²) in [6.45, 7) is 7.18. The van der Waals surface area contributed by atoms with Crippen molar-refractivity contribution in [3.63, 3.8) is 0 Å². The molecule has 0 aliphatic carbocycles. The van der Waals surface area contributed by atoms with Gasteiger partial charge < -0.3 is 24.0 Å². The standard InChI is InChI=1S/C23H37N3O7S/c1-23(2,3)33-22(28)17-25(10-9-24(4)5)21(27)16-18-7-8-19(31-6)20(15-18)34(29,30)26-11-13-32-14-12-26/h7-8,15H,9-14,16-17H2,1-6H3. The Morgan fingerprint density at radius 1 is 1.12 bits per heavy atom. The predicted molar refractivity (Wildman–Crippen MR) is 127 cm³/mol. The van der Waals surface area contributed by atoms with Crippen molar-refractivity contribution in [3.05, 3.63) is 23.8 Å². The smallest absolute Gasteiger partial charge is 0.326 e. The molecule has 1 fully saturated rings. The summed E-state index contributed by atoms with van der Waals surface area (Å²) in [7, 11) is 1.34. The molecule has 0 saturated carbocycles. The van der Waals surface area contributed by atoms with Crippen molar-refractivity contribution in [1.82, 2.24) is 14.1 Å². The minimum Gasteiger partial charge on any atom is -0.495 e. The number of carbonyl (C=O) groups is 2. The van der Waals surface area contributed by atoms with Crippen molar-refractivity contribution in [2.75, 3.05) is 67.1 Å². The molecular weight excluding hydrogens is 462 g/mol. The zero-order valence-corrected chi connectivity index (χ0v) is 21.8. The van der Waals surface area contributed by atoms with Gasteiger partial charge in [-0.2, -0.15) is 4.31 Å². The number of hydrogen-bond acceptors (Lipinski definition) is 8. The first-order valence-electron chi connectivity index (χ1n) is 11.2. The summed E-state index contributed by atoms with van der Waals surface area (Å²) in [6, 6.07) is 4.68. The van der Waals surface area contributed by atoms with E-state index in [1.807, 2.05) is 19.0 Å². The second kappa shape index (κ2) is 12.0. The molecule has 2 rings (SSSR count). The van der Waals surface area contributed by atoms with E-state index in [4.69, 9.17) is 14.2 Å². The van der Waals surface area contributed by atoms with Gasteiger partial charge in [-0.1, -0.05) is 6.07 Å². The van der Waals surface area contributed by atoms with Gasteiger partial charge in [-0.25, -0.2) is 8.42 Å². The lowest BCUT2D eigenvalue weighted by atomic mass is 10.1. The highest BCUT2D eigenvalue weighted by atomic mass is 32.2. The molecule has 0 spiro atoms. The molecule has 0 atom stereocenters. The van der Waals surface area contributed by atoms with Crippen LogP contribution in [0.2, 0.25) is 0 Å². The van der Waals surface area contributed by atoms with E-state index in [0.717, 1.165) is 0 Å².